The van der Waals surface area contributed by atoms with Crippen LogP contribution in [-0.2, 0) is 22.9 Å². The smallest absolute Gasteiger partial charge is 0.254 e. The predicted octanol–water partition coefficient (Wildman–Crippen LogP) is 3.40. The number of carbonyl (C=O) groups is 1. The fourth-order valence-corrected chi connectivity index (χ4v) is 6.19. The van der Waals surface area contributed by atoms with E-state index in [1.165, 1.54) is 22.5 Å². The number of rotatable bonds is 3. The predicted molar refractivity (Wildman–Crippen MR) is 119 cm³/mol. The van der Waals surface area contributed by atoms with Crippen molar-refractivity contribution < 1.29 is 17.6 Å². The van der Waals surface area contributed by atoms with Gasteiger partial charge in [0, 0.05) is 37.3 Å². The molecule has 0 N–H and O–H groups in total. The minimum absolute atomic E-state index is 0.0790. The van der Waals surface area contributed by atoms with Crippen LogP contribution in [0.25, 0.3) is 10.9 Å². The molecule has 2 aromatic carbocycles. The van der Waals surface area contributed by atoms with Crippen LogP contribution in [-0.4, -0.2) is 54.7 Å². The Morgan fingerprint density at radius 2 is 1.59 bits per heavy atom. The number of aryl methyl sites for hydroxylation is 1. The SMILES string of the molecule is O=C(c1c2c(nc3ccccc13)CCCC2)N1CCN(S(=O)(=O)c2ccccc2F)CC1. The number of para-hydroxylation sites is 1. The van der Waals surface area contributed by atoms with E-state index in [4.69, 9.17) is 4.98 Å². The molecule has 166 valence electrons. The highest BCUT2D eigenvalue weighted by molar-refractivity contribution is 7.89. The number of pyridine rings is 1. The van der Waals surface area contributed by atoms with Crippen LogP contribution in [0, 0.1) is 5.82 Å². The minimum atomic E-state index is -3.95. The van der Waals surface area contributed by atoms with E-state index >= 15 is 0 Å². The van der Waals surface area contributed by atoms with E-state index in [2.05, 4.69) is 0 Å². The van der Waals surface area contributed by atoms with Crippen molar-refractivity contribution in [2.24, 2.45) is 0 Å². The minimum Gasteiger partial charge on any atom is -0.336 e. The zero-order chi connectivity index (χ0) is 22.3. The van der Waals surface area contributed by atoms with Crippen molar-refractivity contribution >= 4 is 26.8 Å². The molecule has 0 saturated carbocycles. The van der Waals surface area contributed by atoms with Gasteiger partial charge in [0.15, 0.2) is 0 Å². The molecule has 8 heteroatoms. The van der Waals surface area contributed by atoms with Crippen molar-refractivity contribution in [1.82, 2.24) is 14.2 Å². The Bertz CT molecular complexity index is 1300. The highest BCUT2D eigenvalue weighted by atomic mass is 32.2. The zero-order valence-corrected chi connectivity index (χ0v) is 18.4. The lowest BCUT2D eigenvalue weighted by Gasteiger charge is -2.35. The molecule has 2 heterocycles. The van der Waals surface area contributed by atoms with Gasteiger partial charge in [0.2, 0.25) is 10.0 Å². The molecule has 1 fully saturated rings. The fraction of sp³-hybridized carbons (Fsp3) is 0.333. The molecule has 1 aliphatic heterocycles. The molecule has 6 nitrogen and oxygen atoms in total. The lowest BCUT2D eigenvalue weighted by Crippen LogP contribution is -2.50. The summed E-state index contributed by atoms with van der Waals surface area (Å²) in [6, 6.07) is 13.1. The summed E-state index contributed by atoms with van der Waals surface area (Å²) in [5, 5.41) is 0.847. The van der Waals surface area contributed by atoms with Crippen LogP contribution in [0.5, 0.6) is 0 Å². The maximum absolute atomic E-state index is 14.1. The molecule has 3 aromatic rings. The average molecular weight is 454 g/mol. The first-order chi connectivity index (χ1) is 15.5. The lowest BCUT2D eigenvalue weighted by molar-refractivity contribution is 0.0698. The summed E-state index contributed by atoms with van der Waals surface area (Å²) in [6.07, 6.45) is 3.80. The van der Waals surface area contributed by atoms with Gasteiger partial charge >= 0.3 is 0 Å². The van der Waals surface area contributed by atoms with E-state index in [-0.39, 0.29) is 37.0 Å². The number of amides is 1. The van der Waals surface area contributed by atoms with Crippen molar-refractivity contribution in [3.63, 3.8) is 0 Å². The van der Waals surface area contributed by atoms with Gasteiger partial charge in [0.05, 0.1) is 11.1 Å². The monoisotopic (exact) mass is 453 g/mol. The number of benzene rings is 2. The molecular weight excluding hydrogens is 429 g/mol. The van der Waals surface area contributed by atoms with E-state index in [1.807, 2.05) is 24.3 Å². The summed E-state index contributed by atoms with van der Waals surface area (Å²) >= 11 is 0. The second-order valence-corrected chi connectivity index (χ2v) is 10.2. The third kappa shape index (κ3) is 3.57. The number of halogens is 1. The van der Waals surface area contributed by atoms with Crippen LogP contribution in [0.1, 0.15) is 34.5 Å². The zero-order valence-electron chi connectivity index (χ0n) is 17.6. The maximum Gasteiger partial charge on any atom is 0.254 e. The topological polar surface area (TPSA) is 70.6 Å². The first-order valence-electron chi connectivity index (χ1n) is 10.9. The number of piperazine rings is 1. The molecule has 0 atom stereocenters. The Kier molecular flexibility index (Phi) is 5.43. The molecule has 0 spiro atoms. The number of fused-ring (bicyclic) bond motifs is 2. The highest BCUT2D eigenvalue weighted by Gasteiger charge is 2.33. The van der Waals surface area contributed by atoms with Crippen LogP contribution < -0.4 is 0 Å². The van der Waals surface area contributed by atoms with E-state index < -0.39 is 15.8 Å². The van der Waals surface area contributed by atoms with E-state index in [1.54, 1.807) is 4.90 Å². The number of hydrogen-bond acceptors (Lipinski definition) is 4. The molecule has 1 aromatic heterocycles. The quantitative estimate of drug-likeness (QED) is 0.610. The second-order valence-electron chi connectivity index (χ2n) is 8.26. The Hall–Kier alpha value is -2.84. The third-order valence-corrected chi connectivity index (χ3v) is 8.30. The average Bonchev–Trinajstić information content (AvgIpc) is 2.82. The number of sulfonamides is 1. The molecule has 5 rings (SSSR count). The lowest BCUT2D eigenvalue weighted by atomic mass is 9.89. The largest absolute Gasteiger partial charge is 0.336 e. The van der Waals surface area contributed by atoms with Gasteiger partial charge in [-0.1, -0.05) is 30.3 Å². The van der Waals surface area contributed by atoms with Gasteiger partial charge in [-0.2, -0.15) is 4.31 Å². The number of aromatic nitrogens is 1. The summed E-state index contributed by atoms with van der Waals surface area (Å²) in [7, 11) is -3.95. The second kappa shape index (κ2) is 8.26. The summed E-state index contributed by atoms with van der Waals surface area (Å²) in [6.45, 7) is 0.789. The van der Waals surface area contributed by atoms with E-state index in [9.17, 15) is 17.6 Å². The molecule has 1 amide bonds. The molecule has 1 saturated heterocycles. The summed E-state index contributed by atoms with van der Waals surface area (Å²) in [4.78, 5) is 19.8. The maximum atomic E-state index is 14.1. The highest BCUT2D eigenvalue weighted by Crippen LogP contribution is 2.31. The molecule has 2 aliphatic rings. The third-order valence-electron chi connectivity index (χ3n) is 6.36. The normalized spacial score (nSPS) is 17.3. The molecule has 1 aliphatic carbocycles. The van der Waals surface area contributed by atoms with Crippen LogP contribution >= 0.6 is 0 Å². The Morgan fingerprint density at radius 3 is 2.38 bits per heavy atom. The Balaban J connectivity index is 1.42. The number of hydrogen-bond donors (Lipinski definition) is 0. The fourth-order valence-electron chi connectivity index (χ4n) is 4.70. The van der Waals surface area contributed by atoms with Crippen LogP contribution in [0.4, 0.5) is 4.39 Å². The van der Waals surface area contributed by atoms with Crippen molar-refractivity contribution in [3.8, 4) is 0 Å². The van der Waals surface area contributed by atoms with Gasteiger partial charge in [-0.3, -0.25) is 9.78 Å². The molecule has 0 bridgehead atoms. The Labute approximate surface area is 186 Å². The van der Waals surface area contributed by atoms with Crippen molar-refractivity contribution in [1.29, 1.82) is 0 Å². The molecular formula is C24H24FN3O3S. The first-order valence-corrected chi connectivity index (χ1v) is 12.4. The van der Waals surface area contributed by atoms with Gasteiger partial charge < -0.3 is 4.90 Å². The van der Waals surface area contributed by atoms with Crippen molar-refractivity contribution in [3.05, 3.63) is 71.2 Å². The van der Waals surface area contributed by atoms with E-state index in [0.717, 1.165) is 53.9 Å². The van der Waals surface area contributed by atoms with E-state index in [0.29, 0.717) is 5.56 Å². The Morgan fingerprint density at radius 1 is 0.906 bits per heavy atom. The van der Waals surface area contributed by atoms with Gasteiger partial charge in [-0.15, -0.1) is 0 Å². The van der Waals surface area contributed by atoms with Crippen LogP contribution in [0.3, 0.4) is 0 Å². The van der Waals surface area contributed by atoms with Crippen molar-refractivity contribution in [2.75, 3.05) is 26.2 Å². The number of carbonyl (C=O) groups excluding carboxylic acids is 1. The first kappa shape index (κ1) is 21.0. The molecule has 32 heavy (non-hydrogen) atoms. The van der Waals surface area contributed by atoms with Gasteiger partial charge in [-0.05, 0) is 49.4 Å². The number of nitrogens with zero attached hydrogens (tertiary/aromatic N) is 3. The molecule has 0 radical (unpaired) electrons. The van der Waals surface area contributed by atoms with Crippen LogP contribution in [0.15, 0.2) is 53.4 Å². The summed E-state index contributed by atoms with van der Waals surface area (Å²) in [5.41, 5.74) is 3.55. The standard InChI is InChI=1S/C24H24FN3O3S/c25-19-9-3-6-12-22(19)32(30,31)28-15-13-27(14-16-28)24(29)23-17-7-1-4-10-20(17)26-21-11-5-2-8-18(21)23/h1,3-4,6-7,9-10,12H,2,5,8,11,13-16H2. The van der Waals surface area contributed by atoms with Crippen LogP contribution in [0.2, 0.25) is 0 Å². The summed E-state index contributed by atoms with van der Waals surface area (Å²) < 4.78 is 41.1. The summed E-state index contributed by atoms with van der Waals surface area (Å²) in [5.74, 6) is -0.842. The van der Waals surface area contributed by atoms with Crippen molar-refractivity contribution in [2.45, 2.75) is 30.6 Å². The van der Waals surface area contributed by atoms with Gasteiger partial charge in [0.25, 0.3) is 5.91 Å². The van der Waals surface area contributed by atoms with Gasteiger partial charge in [-0.25, -0.2) is 12.8 Å². The molecule has 0 unspecified atom stereocenters. The van der Waals surface area contributed by atoms with Gasteiger partial charge in [0.1, 0.15) is 10.7 Å².